The Kier molecular flexibility index (Phi) is 4.33. The molecule has 1 aromatic heterocycles. The molecule has 0 saturated heterocycles. The van der Waals surface area contributed by atoms with Gasteiger partial charge in [-0.05, 0) is 18.4 Å². The lowest BCUT2D eigenvalue weighted by molar-refractivity contribution is 0.547. The van der Waals surface area contributed by atoms with Gasteiger partial charge in [-0.1, -0.05) is 44.0 Å². The molecule has 0 bridgehead atoms. The minimum atomic E-state index is -0.445. The minimum absolute atomic E-state index is 0.0974. The van der Waals surface area contributed by atoms with E-state index in [0.717, 1.165) is 18.5 Å². The van der Waals surface area contributed by atoms with Gasteiger partial charge in [-0.25, -0.2) is 4.39 Å². The number of rotatable bonds is 4. The molecule has 2 rings (SSSR count). The van der Waals surface area contributed by atoms with Gasteiger partial charge in [-0.3, -0.25) is 4.68 Å². The van der Waals surface area contributed by atoms with E-state index in [4.69, 9.17) is 17.3 Å². The Morgan fingerprint density at radius 2 is 2.15 bits per heavy atom. The maximum Gasteiger partial charge on any atom is 0.149 e. The van der Waals surface area contributed by atoms with Crippen LogP contribution in [0.4, 0.5) is 10.2 Å². The Bertz CT molecular complexity index is 622. The molecule has 0 amide bonds. The van der Waals surface area contributed by atoms with Crippen LogP contribution in [0.2, 0.25) is 5.02 Å². The quantitative estimate of drug-likeness (QED) is 0.925. The first kappa shape index (κ1) is 14.9. The van der Waals surface area contributed by atoms with Crippen LogP contribution in [0.25, 0.3) is 11.1 Å². The fourth-order valence-corrected chi connectivity index (χ4v) is 2.38. The summed E-state index contributed by atoms with van der Waals surface area (Å²) >= 11 is 5.87. The van der Waals surface area contributed by atoms with E-state index < -0.39 is 5.82 Å². The Hall–Kier alpha value is -1.55. The number of nitrogens with two attached hydrogens (primary N) is 1. The van der Waals surface area contributed by atoms with Crippen molar-refractivity contribution in [3.8, 4) is 11.1 Å². The largest absolute Gasteiger partial charge is 0.383 e. The Balaban J connectivity index is 2.57. The zero-order valence-corrected chi connectivity index (χ0v) is 12.7. The average molecular weight is 296 g/mol. The third-order valence-electron chi connectivity index (χ3n) is 3.62. The highest BCUT2D eigenvalue weighted by molar-refractivity contribution is 6.31. The van der Waals surface area contributed by atoms with Gasteiger partial charge in [-0.15, -0.1) is 0 Å². The van der Waals surface area contributed by atoms with E-state index in [1.165, 1.54) is 6.07 Å². The predicted octanol–water partition coefficient (Wildman–Crippen LogP) is 4.05. The van der Waals surface area contributed by atoms with Gasteiger partial charge in [0.1, 0.15) is 11.6 Å². The molecule has 0 spiro atoms. The van der Waals surface area contributed by atoms with Gasteiger partial charge >= 0.3 is 0 Å². The molecule has 0 saturated carbocycles. The summed E-state index contributed by atoms with van der Waals surface area (Å²) in [5.41, 5.74) is 7.96. The first-order chi connectivity index (χ1) is 9.45. The summed E-state index contributed by atoms with van der Waals surface area (Å²) in [7, 11) is 1.77. The molecule has 0 aliphatic heterocycles. The van der Waals surface area contributed by atoms with Gasteiger partial charge in [-0.2, -0.15) is 5.10 Å². The molecule has 2 aromatic rings. The van der Waals surface area contributed by atoms with Crippen molar-refractivity contribution >= 4 is 17.4 Å². The van der Waals surface area contributed by atoms with Crippen molar-refractivity contribution in [2.75, 3.05) is 5.73 Å². The van der Waals surface area contributed by atoms with Crippen LogP contribution in [0.15, 0.2) is 18.2 Å². The van der Waals surface area contributed by atoms with Crippen molar-refractivity contribution in [2.24, 2.45) is 13.0 Å². The standard InChI is InChI=1S/C15H19ClFN3/c1-4-9(2)8-12-13(15(18)20(3)19-12)10-6-5-7-11(16)14(10)17/h5-7,9H,4,8,18H2,1-3H3. The van der Waals surface area contributed by atoms with Gasteiger partial charge < -0.3 is 5.73 Å². The van der Waals surface area contributed by atoms with Gasteiger partial charge in [0.15, 0.2) is 0 Å². The maximum atomic E-state index is 14.3. The van der Waals surface area contributed by atoms with E-state index in [9.17, 15) is 4.39 Å². The first-order valence-electron chi connectivity index (χ1n) is 6.71. The molecular weight excluding hydrogens is 277 g/mol. The van der Waals surface area contributed by atoms with E-state index >= 15 is 0 Å². The van der Waals surface area contributed by atoms with Crippen LogP contribution in [-0.4, -0.2) is 9.78 Å². The summed E-state index contributed by atoms with van der Waals surface area (Å²) in [5, 5.41) is 4.52. The number of anilines is 1. The Labute approximate surface area is 123 Å². The van der Waals surface area contributed by atoms with Gasteiger partial charge in [0.2, 0.25) is 0 Å². The lowest BCUT2D eigenvalue weighted by Gasteiger charge is -2.09. The number of aromatic nitrogens is 2. The number of halogens is 2. The van der Waals surface area contributed by atoms with Gasteiger partial charge in [0, 0.05) is 18.2 Å². The second-order valence-corrected chi connectivity index (χ2v) is 5.56. The topological polar surface area (TPSA) is 43.8 Å². The van der Waals surface area contributed by atoms with Crippen molar-refractivity contribution in [3.63, 3.8) is 0 Å². The van der Waals surface area contributed by atoms with Crippen LogP contribution in [0, 0.1) is 11.7 Å². The summed E-state index contributed by atoms with van der Waals surface area (Å²) in [6, 6.07) is 4.94. The van der Waals surface area contributed by atoms with Crippen molar-refractivity contribution < 1.29 is 4.39 Å². The minimum Gasteiger partial charge on any atom is -0.383 e. The van der Waals surface area contributed by atoms with Crippen LogP contribution in [0.1, 0.15) is 26.0 Å². The molecule has 0 radical (unpaired) electrons. The molecule has 1 atom stereocenters. The fourth-order valence-electron chi connectivity index (χ4n) is 2.20. The van der Waals surface area contributed by atoms with Crippen molar-refractivity contribution in [2.45, 2.75) is 26.7 Å². The van der Waals surface area contributed by atoms with E-state index in [0.29, 0.717) is 22.9 Å². The number of hydrogen-bond donors (Lipinski definition) is 1. The molecule has 0 aliphatic rings. The van der Waals surface area contributed by atoms with Crippen LogP contribution in [0.5, 0.6) is 0 Å². The second kappa shape index (κ2) is 5.83. The molecule has 1 aromatic carbocycles. The fraction of sp³-hybridized carbons (Fsp3) is 0.400. The lowest BCUT2D eigenvalue weighted by Crippen LogP contribution is -2.01. The summed E-state index contributed by atoms with van der Waals surface area (Å²) in [6.07, 6.45) is 1.80. The molecule has 1 unspecified atom stereocenters. The van der Waals surface area contributed by atoms with Gasteiger partial charge in [0.05, 0.1) is 10.7 Å². The highest BCUT2D eigenvalue weighted by atomic mass is 35.5. The third kappa shape index (κ3) is 2.66. The van der Waals surface area contributed by atoms with E-state index in [2.05, 4.69) is 18.9 Å². The second-order valence-electron chi connectivity index (χ2n) is 5.15. The van der Waals surface area contributed by atoms with Gasteiger partial charge in [0.25, 0.3) is 0 Å². The monoisotopic (exact) mass is 295 g/mol. The lowest BCUT2D eigenvalue weighted by atomic mass is 9.97. The molecule has 0 fully saturated rings. The Morgan fingerprint density at radius 1 is 1.45 bits per heavy atom. The number of nitrogen functional groups attached to an aromatic ring is 1. The zero-order chi connectivity index (χ0) is 14.9. The molecule has 5 heteroatoms. The molecule has 20 heavy (non-hydrogen) atoms. The number of aryl methyl sites for hydroxylation is 1. The van der Waals surface area contributed by atoms with E-state index in [1.807, 2.05) is 0 Å². The number of nitrogens with zero attached hydrogens (tertiary/aromatic N) is 2. The summed E-state index contributed by atoms with van der Waals surface area (Å²) < 4.78 is 15.8. The highest BCUT2D eigenvalue weighted by Gasteiger charge is 2.20. The molecule has 1 heterocycles. The van der Waals surface area contributed by atoms with Crippen molar-refractivity contribution in [1.29, 1.82) is 0 Å². The molecule has 108 valence electrons. The van der Waals surface area contributed by atoms with E-state index in [1.54, 1.807) is 23.9 Å². The molecular formula is C15H19ClFN3. The summed E-state index contributed by atoms with van der Waals surface area (Å²) in [6.45, 7) is 4.26. The van der Waals surface area contributed by atoms with Crippen LogP contribution < -0.4 is 5.73 Å². The highest BCUT2D eigenvalue weighted by Crippen LogP contribution is 2.35. The summed E-state index contributed by atoms with van der Waals surface area (Å²) in [4.78, 5) is 0. The van der Waals surface area contributed by atoms with Crippen molar-refractivity contribution in [3.05, 3.63) is 34.7 Å². The maximum absolute atomic E-state index is 14.3. The van der Waals surface area contributed by atoms with E-state index in [-0.39, 0.29) is 5.02 Å². The first-order valence-corrected chi connectivity index (χ1v) is 7.09. The normalized spacial score (nSPS) is 12.7. The summed E-state index contributed by atoms with van der Waals surface area (Å²) in [5.74, 6) is 0.481. The molecule has 3 nitrogen and oxygen atoms in total. The Morgan fingerprint density at radius 3 is 2.80 bits per heavy atom. The van der Waals surface area contributed by atoms with Crippen LogP contribution >= 0.6 is 11.6 Å². The number of benzene rings is 1. The SMILES string of the molecule is CCC(C)Cc1nn(C)c(N)c1-c1cccc(Cl)c1F. The number of hydrogen-bond acceptors (Lipinski definition) is 2. The smallest absolute Gasteiger partial charge is 0.149 e. The average Bonchev–Trinajstić information content (AvgIpc) is 2.68. The third-order valence-corrected chi connectivity index (χ3v) is 3.92. The van der Waals surface area contributed by atoms with Crippen LogP contribution in [0.3, 0.4) is 0 Å². The van der Waals surface area contributed by atoms with Crippen molar-refractivity contribution in [1.82, 2.24) is 9.78 Å². The van der Waals surface area contributed by atoms with Crippen LogP contribution in [-0.2, 0) is 13.5 Å². The predicted molar refractivity (Wildman–Crippen MR) is 81.2 cm³/mol. The molecule has 0 aliphatic carbocycles. The molecule has 2 N–H and O–H groups in total. The zero-order valence-electron chi connectivity index (χ0n) is 12.0.